The van der Waals surface area contributed by atoms with E-state index >= 15 is 0 Å². The minimum Gasteiger partial charge on any atom is -0.481 e. The first-order valence-corrected chi connectivity index (χ1v) is 8.84. The molecule has 0 radical (unpaired) electrons. The summed E-state index contributed by atoms with van der Waals surface area (Å²) in [5.74, 6) is 1.31. The quantitative estimate of drug-likeness (QED) is 0.746. The molecule has 0 bridgehead atoms. The molecule has 2 aromatic heterocycles. The number of hydrogen-bond donors (Lipinski definition) is 1. The van der Waals surface area contributed by atoms with Crippen LogP contribution in [0.5, 0.6) is 5.88 Å². The van der Waals surface area contributed by atoms with Gasteiger partial charge in [-0.15, -0.1) is 0 Å². The van der Waals surface area contributed by atoms with Gasteiger partial charge in [0.25, 0.3) is 0 Å². The first-order chi connectivity index (χ1) is 13.3. The molecule has 7 heteroatoms. The van der Waals surface area contributed by atoms with E-state index in [0.717, 1.165) is 49.1 Å². The molecule has 27 heavy (non-hydrogen) atoms. The van der Waals surface area contributed by atoms with Gasteiger partial charge in [-0.05, 0) is 30.3 Å². The van der Waals surface area contributed by atoms with Crippen LogP contribution in [0.1, 0.15) is 0 Å². The second-order valence-corrected chi connectivity index (χ2v) is 6.15. The van der Waals surface area contributed by atoms with E-state index in [-0.39, 0.29) is 0 Å². The van der Waals surface area contributed by atoms with E-state index in [0.29, 0.717) is 5.88 Å². The number of nitrogens with zero attached hydrogens (tertiary/aromatic N) is 4. The summed E-state index contributed by atoms with van der Waals surface area (Å²) < 4.78 is 10.5. The summed E-state index contributed by atoms with van der Waals surface area (Å²) in [5, 5.41) is 3.33. The van der Waals surface area contributed by atoms with Crippen molar-refractivity contribution >= 4 is 17.2 Å². The Bertz CT molecular complexity index is 878. The summed E-state index contributed by atoms with van der Waals surface area (Å²) in [6, 6.07) is 14.0. The summed E-state index contributed by atoms with van der Waals surface area (Å²) in [6.45, 7) is 3.42. The lowest BCUT2D eigenvalue weighted by Crippen LogP contribution is -2.36. The molecule has 0 amide bonds. The molecular weight excluding hydrogens is 342 g/mol. The van der Waals surface area contributed by atoms with Crippen molar-refractivity contribution in [2.24, 2.45) is 0 Å². The molecule has 1 N–H and O–H groups in total. The molecule has 0 saturated carbocycles. The molecule has 0 atom stereocenters. The number of rotatable bonds is 5. The van der Waals surface area contributed by atoms with Crippen molar-refractivity contribution in [3.63, 3.8) is 0 Å². The molecule has 1 aliphatic rings. The highest BCUT2D eigenvalue weighted by Gasteiger charge is 2.11. The average molecular weight is 363 g/mol. The highest BCUT2D eigenvalue weighted by molar-refractivity contribution is 5.66. The normalized spacial score (nSPS) is 14.0. The van der Waals surface area contributed by atoms with Crippen molar-refractivity contribution in [1.82, 2.24) is 15.0 Å². The lowest BCUT2D eigenvalue weighted by atomic mass is 10.2. The third kappa shape index (κ3) is 4.15. The van der Waals surface area contributed by atoms with E-state index in [2.05, 4.69) is 49.4 Å². The van der Waals surface area contributed by atoms with Crippen LogP contribution in [-0.2, 0) is 4.74 Å². The minimum atomic E-state index is 0.575. The maximum atomic E-state index is 5.40. The molecule has 3 heterocycles. The zero-order valence-corrected chi connectivity index (χ0v) is 15.1. The Morgan fingerprint density at radius 3 is 2.52 bits per heavy atom. The fourth-order valence-corrected chi connectivity index (χ4v) is 2.96. The number of anilines is 3. The van der Waals surface area contributed by atoms with Crippen LogP contribution in [0.3, 0.4) is 0 Å². The Kier molecular flexibility index (Phi) is 5.11. The summed E-state index contributed by atoms with van der Waals surface area (Å²) in [4.78, 5) is 15.2. The molecule has 1 aromatic carbocycles. The van der Waals surface area contributed by atoms with Gasteiger partial charge < -0.3 is 19.7 Å². The van der Waals surface area contributed by atoms with Gasteiger partial charge in [-0.3, -0.25) is 0 Å². The molecule has 4 rings (SSSR count). The SMILES string of the molecule is COc1ccc(-c2cc(Nc3ccc(N4CCOCC4)cc3)ncn2)cn1. The Morgan fingerprint density at radius 1 is 1.00 bits per heavy atom. The monoisotopic (exact) mass is 363 g/mol. The summed E-state index contributed by atoms with van der Waals surface area (Å²) in [5.41, 5.74) is 3.89. The number of hydrogen-bond acceptors (Lipinski definition) is 7. The Labute approximate surface area is 158 Å². The third-order valence-corrected chi connectivity index (χ3v) is 4.42. The first kappa shape index (κ1) is 17.2. The van der Waals surface area contributed by atoms with Crippen LogP contribution in [-0.4, -0.2) is 48.4 Å². The molecule has 0 spiro atoms. The maximum absolute atomic E-state index is 5.40. The van der Waals surface area contributed by atoms with Gasteiger partial charge in [0.05, 0.1) is 26.0 Å². The van der Waals surface area contributed by atoms with E-state index in [9.17, 15) is 0 Å². The standard InChI is InChI=1S/C20H21N5O2/c1-26-20-7-2-15(13-21-20)18-12-19(23-14-22-18)24-16-3-5-17(6-4-16)25-8-10-27-11-9-25/h2-7,12-14H,8-11H2,1H3,(H,22,23,24). The summed E-state index contributed by atoms with van der Waals surface area (Å²) in [7, 11) is 1.60. The number of morpholine rings is 1. The molecule has 0 aliphatic carbocycles. The third-order valence-electron chi connectivity index (χ3n) is 4.42. The molecule has 1 aliphatic heterocycles. The van der Waals surface area contributed by atoms with Crippen LogP contribution in [0, 0.1) is 0 Å². The molecule has 7 nitrogen and oxygen atoms in total. The molecule has 138 valence electrons. The van der Waals surface area contributed by atoms with Crippen molar-refractivity contribution in [1.29, 1.82) is 0 Å². The van der Waals surface area contributed by atoms with Gasteiger partial charge >= 0.3 is 0 Å². The van der Waals surface area contributed by atoms with Crippen molar-refractivity contribution in [2.45, 2.75) is 0 Å². The van der Waals surface area contributed by atoms with E-state index in [4.69, 9.17) is 9.47 Å². The van der Waals surface area contributed by atoms with Gasteiger partial charge in [0.15, 0.2) is 0 Å². The molecular formula is C20H21N5O2. The van der Waals surface area contributed by atoms with Gasteiger partial charge in [0.1, 0.15) is 12.1 Å². The zero-order chi connectivity index (χ0) is 18.5. The van der Waals surface area contributed by atoms with Crippen LogP contribution in [0.25, 0.3) is 11.3 Å². The number of methoxy groups -OCH3 is 1. The fraction of sp³-hybridized carbons (Fsp3) is 0.250. The average Bonchev–Trinajstić information content (AvgIpc) is 2.75. The van der Waals surface area contributed by atoms with E-state index in [1.165, 1.54) is 5.69 Å². The van der Waals surface area contributed by atoms with E-state index in [1.807, 2.05) is 18.2 Å². The Hall–Kier alpha value is -3.19. The van der Waals surface area contributed by atoms with E-state index in [1.54, 1.807) is 19.6 Å². The largest absolute Gasteiger partial charge is 0.481 e. The van der Waals surface area contributed by atoms with Crippen LogP contribution >= 0.6 is 0 Å². The Morgan fingerprint density at radius 2 is 1.81 bits per heavy atom. The topological polar surface area (TPSA) is 72.4 Å². The molecule has 1 saturated heterocycles. The lowest BCUT2D eigenvalue weighted by molar-refractivity contribution is 0.122. The van der Waals surface area contributed by atoms with Gasteiger partial charge in [-0.2, -0.15) is 0 Å². The predicted molar refractivity (Wildman–Crippen MR) is 105 cm³/mol. The van der Waals surface area contributed by atoms with Crippen molar-refractivity contribution in [2.75, 3.05) is 43.6 Å². The zero-order valence-electron chi connectivity index (χ0n) is 15.1. The van der Waals surface area contributed by atoms with Gasteiger partial charge in [0, 0.05) is 48.4 Å². The molecule has 1 fully saturated rings. The molecule has 0 unspecified atom stereocenters. The smallest absolute Gasteiger partial charge is 0.212 e. The summed E-state index contributed by atoms with van der Waals surface area (Å²) in [6.07, 6.45) is 3.28. The van der Waals surface area contributed by atoms with E-state index < -0.39 is 0 Å². The number of ether oxygens (including phenoxy) is 2. The maximum Gasteiger partial charge on any atom is 0.212 e. The van der Waals surface area contributed by atoms with Crippen LogP contribution < -0.4 is 15.0 Å². The van der Waals surface area contributed by atoms with Crippen LogP contribution in [0.15, 0.2) is 55.0 Å². The van der Waals surface area contributed by atoms with Crippen LogP contribution in [0.4, 0.5) is 17.2 Å². The molecule has 3 aromatic rings. The highest BCUT2D eigenvalue weighted by Crippen LogP contribution is 2.24. The predicted octanol–water partition coefficient (Wildman–Crippen LogP) is 3.13. The number of nitrogens with one attached hydrogen (secondary N) is 1. The number of aromatic nitrogens is 3. The lowest BCUT2D eigenvalue weighted by Gasteiger charge is -2.28. The first-order valence-electron chi connectivity index (χ1n) is 8.84. The van der Waals surface area contributed by atoms with Gasteiger partial charge in [-0.1, -0.05) is 0 Å². The number of benzene rings is 1. The highest BCUT2D eigenvalue weighted by atomic mass is 16.5. The fourth-order valence-electron chi connectivity index (χ4n) is 2.96. The van der Waals surface area contributed by atoms with Crippen LogP contribution in [0.2, 0.25) is 0 Å². The van der Waals surface area contributed by atoms with Gasteiger partial charge in [0.2, 0.25) is 5.88 Å². The van der Waals surface area contributed by atoms with Crippen molar-refractivity contribution in [3.05, 3.63) is 55.0 Å². The van der Waals surface area contributed by atoms with Crippen molar-refractivity contribution in [3.8, 4) is 17.1 Å². The second-order valence-electron chi connectivity index (χ2n) is 6.15. The minimum absolute atomic E-state index is 0.575. The van der Waals surface area contributed by atoms with Gasteiger partial charge in [-0.25, -0.2) is 15.0 Å². The van der Waals surface area contributed by atoms with Crippen molar-refractivity contribution < 1.29 is 9.47 Å². The Balaban J connectivity index is 1.47. The number of pyridine rings is 1. The summed E-state index contributed by atoms with van der Waals surface area (Å²) >= 11 is 0. The second kappa shape index (κ2) is 8.01.